The number of imidazole rings is 1. The number of amides is 1. The van der Waals surface area contributed by atoms with Gasteiger partial charge in [0.1, 0.15) is 0 Å². The number of benzene rings is 2. The Balaban J connectivity index is 1.26. The van der Waals surface area contributed by atoms with E-state index in [0.29, 0.717) is 69.0 Å². The highest BCUT2D eigenvalue weighted by molar-refractivity contribution is 6.39. The lowest BCUT2D eigenvalue weighted by molar-refractivity contribution is 0.0472. The van der Waals surface area contributed by atoms with Gasteiger partial charge in [-0.1, -0.05) is 47.5 Å². The van der Waals surface area contributed by atoms with E-state index in [2.05, 4.69) is 30.1 Å². The van der Waals surface area contributed by atoms with Gasteiger partial charge in [0.2, 0.25) is 5.88 Å². The molecule has 2 aromatic heterocycles. The van der Waals surface area contributed by atoms with Crippen molar-refractivity contribution in [2.45, 2.75) is 19.5 Å². The first-order valence-corrected chi connectivity index (χ1v) is 14.9. The third-order valence-corrected chi connectivity index (χ3v) is 8.94. The maximum absolute atomic E-state index is 13.3. The maximum atomic E-state index is 13.3. The van der Waals surface area contributed by atoms with Gasteiger partial charge in [-0.05, 0) is 19.2 Å². The van der Waals surface area contributed by atoms with E-state index in [1.807, 2.05) is 49.0 Å². The molecule has 43 heavy (non-hydrogen) atoms. The number of likely N-dealkylation sites (tertiary alicyclic amines) is 1. The molecule has 10 nitrogen and oxygen atoms in total. The summed E-state index contributed by atoms with van der Waals surface area (Å²) in [5.74, 6) is 1.23. The van der Waals surface area contributed by atoms with E-state index in [-0.39, 0.29) is 12.5 Å². The lowest BCUT2D eigenvalue weighted by Crippen LogP contribution is -2.47. The summed E-state index contributed by atoms with van der Waals surface area (Å²) in [4.78, 5) is 31.6. The van der Waals surface area contributed by atoms with Gasteiger partial charge in [-0.3, -0.25) is 9.69 Å². The molecule has 6 rings (SSSR count). The zero-order chi connectivity index (χ0) is 30.2. The second kappa shape index (κ2) is 12.2. The Hall–Kier alpha value is -3.54. The van der Waals surface area contributed by atoms with Crippen LogP contribution >= 0.6 is 23.2 Å². The Morgan fingerprint density at radius 3 is 2.53 bits per heavy atom. The number of anilines is 1. The van der Waals surface area contributed by atoms with Crippen molar-refractivity contribution in [3.8, 4) is 28.4 Å². The number of hydrogen-bond donors (Lipinski definition) is 2. The fraction of sp³-hybridized carbons (Fsp3) is 0.355. The van der Waals surface area contributed by atoms with Crippen LogP contribution in [0.4, 0.5) is 5.69 Å². The summed E-state index contributed by atoms with van der Waals surface area (Å²) in [5.41, 5.74) is 5.29. The van der Waals surface area contributed by atoms with Crippen LogP contribution in [-0.2, 0) is 26.6 Å². The van der Waals surface area contributed by atoms with Gasteiger partial charge < -0.3 is 24.6 Å². The molecule has 0 unspecified atom stereocenters. The number of fused-ring (bicyclic) bond motifs is 1. The first-order chi connectivity index (χ1) is 20.8. The van der Waals surface area contributed by atoms with Crippen molar-refractivity contribution < 1.29 is 14.6 Å². The molecule has 12 heteroatoms. The third-order valence-electron chi connectivity index (χ3n) is 8.13. The van der Waals surface area contributed by atoms with E-state index in [4.69, 9.17) is 27.9 Å². The number of nitrogens with zero attached hydrogens (tertiary/aromatic N) is 6. The van der Waals surface area contributed by atoms with Crippen molar-refractivity contribution in [1.29, 1.82) is 0 Å². The molecule has 2 aliphatic rings. The Labute approximate surface area is 260 Å². The highest BCUT2D eigenvalue weighted by atomic mass is 35.5. The number of aliphatic hydroxyl groups is 1. The second-order valence-corrected chi connectivity index (χ2v) is 11.9. The molecule has 0 aliphatic carbocycles. The summed E-state index contributed by atoms with van der Waals surface area (Å²) in [6, 6.07) is 11.0. The van der Waals surface area contributed by atoms with E-state index in [0.717, 1.165) is 43.0 Å². The minimum atomic E-state index is -0.329. The first kappa shape index (κ1) is 29.5. The van der Waals surface area contributed by atoms with Crippen molar-refractivity contribution in [3.05, 3.63) is 75.4 Å². The summed E-state index contributed by atoms with van der Waals surface area (Å²) in [7, 11) is 5.50. The van der Waals surface area contributed by atoms with E-state index in [1.54, 1.807) is 19.4 Å². The average molecular weight is 623 g/mol. The fourth-order valence-corrected chi connectivity index (χ4v) is 6.35. The zero-order valence-corrected chi connectivity index (χ0v) is 25.8. The summed E-state index contributed by atoms with van der Waals surface area (Å²) in [6.07, 6.45) is 2.60. The SMILES string of the molecule is COc1nc(-c2cccc(-c3cccc(NC(=O)c4nc5c(n4C)CCN(C)C5)c3Cl)c2Cl)ncc1CN1CC(CO)C1. The Kier molecular flexibility index (Phi) is 8.39. The number of aliphatic hydroxyl groups excluding tert-OH is 1. The molecule has 2 N–H and O–H groups in total. The molecule has 0 radical (unpaired) electrons. The van der Waals surface area contributed by atoms with Crippen LogP contribution in [0, 0.1) is 5.92 Å². The lowest BCUT2D eigenvalue weighted by Gasteiger charge is -2.38. The Morgan fingerprint density at radius 2 is 1.79 bits per heavy atom. The van der Waals surface area contributed by atoms with Gasteiger partial charge in [-0.2, -0.15) is 4.98 Å². The number of nitrogens with one attached hydrogen (secondary N) is 1. The molecule has 4 heterocycles. The van der Waals surface area contributed by atoms with Crippen LogP contribution in [0.2, 0.25) is 10.0 Å². The summed E-state index contributed by atoms with van der Waals surface area (Å²) >= 11 is 13.8. The smallest absolute Gasteiger partial charge is 0.291 e. The van der Waals surface area contributed by atoms with Gasteiger partial charge in [-0.15, -0.1) is 0 Å². The molecular weight excluding hydrogens is 589 g/mol. The number of hydrogen-bond acceptors (Lipinski definition) is 8. The molecule has 1 fully saturated rings. The second-order valence-electron chi connectivity index (χ2n) is 11.1. The number of methoxy groups -OCH3 is 1. The van der Waals surface area contributed by atoms with Gasteiger partial charge in [0.25, 0.3) is 5.91 Å². The number of aromatic nitrogens is 4. The minimum Gasteiger partial charge on any atom is -0.481 e. The first-order valence-electron chi connectivity index (χ1n) is 14.1. The molecule has 2 aliphatic heterocycles. The number of carbonyl (C=O) groups is 1. The Bertz CT molecular complexity index is 1690. The van der Waals surface area contributed by atoms with Crippen molar-refractivity contribution >= 4 is 34.8 Å². The number of ether oxygens (including phenoxy) is 1. The molecule has 0 saturated carbocycles. The minimum absolute atomic E-state index is 0.195. The molecule has 0 spiro atoms. The standard InChI is InChI=1S/C31H33Cl2N7O3/c1-38-11-10-25-24(16-38)35-29(39(25)2)30(42)36-23-9-5-7-21(27(23)33)20-6-4-8-22(26(20)32)28-34-12-19(31(37-28)43-3)15-40-13-18(14-40)17-41/h4-9,12,18,41H,10-11,13-17H2,1-3H3,(H,36,42). The van der Waals surface area contributed by atoms with Crippen LogP contribution in [0.3, 0.4) is 0 Å². The summed E-state index contributed by atoms with van der Waals surface area (Å²) in [6.45, 7) is 4.13. The molecular formula is C31H33Cl2N7O3. The number of carbonyl (C=O) groups excluding carboxylic acids is 1. The van der Waals surface area contributed by atoms with Gasteiger partial charge in [0.15, 0.2) is 11.6 Å². The van der Waals surface area contributed by atoms with E-state index < -0.39 is 0 Å². The highest BCUT2D eigenvalue weighted by Crippen LogP contribution is 2.41. The van der Waals surface area contributed by atoms with Crippen LogP contribution in [0.1, 0.15) is 27.6 Å². The van der Waals surface area contributed by atoms with Crippen LogP contribution in [0.5, 0.6) is 5.88 Å². The monoisotopic (exact) mass is 621 g/mol. The number of halogens is 2. The normalized spacial score (nSPS) is 15.7. The molecule has 4 aromatic rings. The third kappa shape index (κ3) is 5.73. The van der Waals surface area contributed by atoms with Crippen molar-refractivity contribution in [2.75, 3.05) is 45.7 Å². The number of likely N-dealkylation sites (N-methyl/N-ethyl adjacent to an activating group) is 1. The van der Waals surface area contributed by atoms with Crippen LogP contribution in [0.15, 0.2) is 42.6 Å². The van der Waals surface area contributed by atoms with Crippen LogP contribution in [0.25, 0.3) is 22.5 Å². The van der Waals surface area contributed by atoms with Crippen LogP contribution < -0.4 is 10.1 Å². The van der Waals surface area contributed by atoms with E-state index >= 15 is 0 Å². The van der Waals surface area contributed by atoms with Gasteiger partial charge in [0, 0.05) is 92.9 Å². The van der Waals surface area contributed by atoms with Gasteiger partial charge in [0.05, 0.1) is 28.5 Å². The Morgan fingerprint density at radius 1 is 1.07 bits per heavy atom. The van der Waals surface area contributed by atoms with Crippen molar-refractivity contribution in [1.82, 2.24) is 29.3 Å². The highest BCUT2D eigenvalue weighted by Gasteiger charge is 2.28. The van der Waals surface area contributed by atoms with Crippen LogP contribution in [-0.4, -0.2) is 80.7 Å². The molecule has 2 aromatic carbocycles. The van der Waals surface area contributed by atoms with Crippen molar-refractivity contribution in [2.24, 2.45) is 13.0 Å². The summed E-state index contributed by atoms with van der Waals surface area (Å²) < 4.78 is 7.46. The molecule has 1 amide bonds. The molecule has 1 saturated heterocycles. The van der Waals surface area contributed by atoms with Gasteiger partial charge >= 0.3 is 0 Å². The average Bonchev–Trinajstić information content (AvgIpc) is 3.31. The predicted octanol–water partition coefficient (Wildman–Crippen LogP) is 4.52. The molecule has 0 atom stereocenters. The van der Waals surface area contributed by atoms with Gasteiger partial charge in [-0.25, -0.2) is 9.97 Å². The van der Waals surface area contributed by atoms with Crippen molar-refractivity contribution in [3.63, 3.8) is 0 Å². The number of rotatable bonds is 8. The lowest BCUT2D eigenvalue weighted by atomic mass is 10.0. The largest absolute Gasteiger partial charge is 0.481 e. The van der Waals surface area contributed by atoms with E-state index in [1.165, 1.54) is 0 Å². The topological polar surface area (TPSA) is 109 Å². The predicted molar refractivity (Wildman–Crippen MR) is 167 cm³/mol. The molecule has 224 valence electrons. The molecule has 0 bridgehead atoms. The maximum Gasteiger partial charge on any atom is 0.291 e. The fourth-order valence-electron chi connectivity index (χ4n) is 5.76. The quantitative estimate of drug-likeness (QED) is 0.296. The zero-order valence-electron chi connectivity index (χ0n) is 24.3. The summed E-state index contributed by atoms with van der Waals surface area (Å²) in [5, 5.41) is 13.0. The van der Waals surface area contributed by atoms with E-state index in [9.17, 15) is 9.90 Å².